The summed E-state index contributed by atoms with van der Waals surface area (Å²) < 4.78 is 38.6. The van der Waals surface area contributed by atoms with E-state index < -0.39 is 11.7 Å². The second-order valence-electron chi connectivity index (χ2n) is 5.35. The summed E-state index contributed by atoms with van der Waals surface area (Å²) in [5.74, 6) is 0. The number of hydrogen-bond acceptors (Lipinski definition) is 3. The van der Waals surface area contributed by atoms with E-state index in [0.29, 0.717) is 0 Å². The van der Waals surface area contributed by atoms with Crippen molar-refractivity contribution in [2.75, 3.05) is 31.6 Å². The Bertz CT molecular complexity index is 473. The number of piperazine rings is 1. The summed E-state index contributed by atoms with van der Waals surface area (Å²) in [6.07, 6.45) is -4.35. The number of likely N-dealkylation sites (N-methyl/N-ethyl adjacent to an activating group) is 1. The Morgan fingerprint density at radius 2 is 2.00 bits per heavy atom. The van der Waals surface area contributed by atoms with Gasteiger partial charge in [0.05, 0.1) is 5.56 Å². The van der Waals surface area contributed by atoms with E-state index in [1.807, 2.05) is 7.05 Å². The van der Waals surface area contributed by atoms with Gasteiger partial charge in [0.2, 0.25) is 0 Å². The predicted octanol–water partition coefficient (Wildman–Crippen LogP) is 2.30. The maximum atomic E-state index is 12.9. The lowest BCUT2D eigenvalue weighted by atomic mass is 10.0. The fourth-order valence-corrected chi connectivity index (χ4v) is 2.73. The van der Waals surface area contributed by atoms with Gasteiger partial charge in [-0.25, -0.2) is 0 Å². The van der Waals surface area contributed by atoms with Crippen LogP contribution in [0.5, 0.6) is 0 Å². The molecule has 1 atom stereocenters. The van der Waals surface area contributed by atoms with Crippen molar-refractivity contribution in [3.05, 3.63) is 29.3 Å². The van der Waals surface area contributed by atoms with Crippen LogP contribution >= 0.6 is 0 Å². The van der Waals surface area contributed by atoms with E-state index in [1.165, 1.54) is 0 Å². The summed E-state index contributed by atoms with van der Waals surface area (Å²) in [5, 5.41) is 0. The minimum absolute atomic E-state index is 0.106. The maximum Gasteiger partial charge on any atom is 0.416 e. The van der Waals surface area contributed by atoms with Crippen LogP contribution in [0, 0.1) is 0 Å². The van der Waals surface area contributed by atoms with Crippen LogP contribution in [0.25, 0.3) is 0 Å². The van der Waals surface area contributed by atoms with Crippen molar-refractivity contribution in [2.24, 2.45) is 5.73 Å². The average Bonchev–Trinajstić information content (AvgIpc) is 2.37. The van der Waals surface area contributed by atoms with Gasteiger partial charge in [-0.05, 0) is 37.7 Å². The first kappa shape index (κ1) is 15.1. The smallest absolute Gasteiger partial charge is 0.366 e. The van der Waals surface area contributed by atoms with Crippen molar-refractivity contribution in [1.29, 1.82) is 0 Å². The summed E-state index contributed by atoms with van der Waals surface area (Å²) >= 11 is 0. The van der Waals surface area contributed by atoms with Gasteiger partial charge in [-0.2, -0.15) is 13.2 Å². The van der Waals surface area contributed by atoms with Crippen LogP contribution in [-0.4, -0.2) is 37.6 Å². The summed E-state index contributed by atoms with van der Waals surface area (Å²) in [4.78, 5) is 4.36. The zero-order chi connectivity index (χ0) is 14.9. The lowest BCUT2D eigenvalue weighted by Gasteiger charge is -2.40. The molecule has 0 aromatic heterocycles. The van der Waals surface area contributed by atoms with Gasteiger partial charge in [-0.1, -0.05) is 0 Å². The summed E-state index contributed by atoms with van der Waals surface area (Å²) in [5.41, 5.74) is 5.81. The highest BCUT2D eigenvalue weighted by Crippen LogP contribution is 2.34. The monoisotopic (exact) mass is 287 g/mol. The van der Waals surface area contributed by atoms with Gasteiger partial charge in [0.15, 0.2) is 0 Å². The molecule has 112 valence electrons. The van der Waals surface area contributed by atoms with E-state index in [1.54, 1.807) is 12.1 Å². The van der Waals surface area contributed by atoms with Gasteiger partial charge >= 0.3 is 6.18 Å². The summed E-state index contributed by atoms with van der Waals surface area (Å²) in [7, 11) is 2.05. The fraction of sp³-hybridized carbons (Fsp3) is 0.571. The summed E-state index contributed by atoms with van der Waals surface area (Å²) in [6, 6.07) is 4.54. The van der Waals surface area contributed by atoms with Crippen molar-refractivity contribution < 1.29 is 13.2 Å². The second-order valence-corrected chi connectivity index (χ2v) is 5.35. The highest BCUT2D eigenvalue weighted by Gasteiger charge is 2.33. The van der Waals surface area contributed by atoms with Crippen molar-refractivity contribution in [3.63, 3.8) is 0 Å². The number of nitrogens with zero attached hydrogens (tertiary/aromatic N) is 2. The van der Waals surface area contributed by atoms with E-state index in [0.717, 1.165) is 31.4 Å². The quantitative estimate of drug-likeness (QED) is 0.906. The average molecular weight is 287 g/mol. The number of hydrogen-bond donors (Lipinski definition) is 1. The number of rotatable bonds is 2. The summed E-state index contributed by atoms with van der Waals surface area (Å²) in [6.45, 7) is 4.59. The first-order valence-electron chi connectivity index (χ1n) is 6.68. The molecule has 3 nitrogen and oxygen atoms in total. The Balaban J connectivity index is 2.30. The number of nitrogens with two attached hydrogens (primary N) is 1. The van der Waals surface area contributed by atoms with Crippen molar-refractivity contribution >= 4 is 5.69 Å². The van der Waals surface area contributed by atoms with Crippen LogP contribution in [0.4, 0.5) is 18.9 Å². The molecule has 1 saturated heterocycles. The molecule has 0 radical (unpaired) electrons. The van der Waals surface area contributed by atoms with Crippen LogP contribution in [0.1, 0.15) is 18.1 Å². The zero-order valence-corrected chi connectivity index (χ0v) is 11.7. The molecular weight excluding hydrogens is 267 g/mol. The molecule has 1 heterocycles. The molecule has 0 spiro atoms. The standard InChI is InChI=1S/C14H20F3N3/c1-10-9-19(2)5-6-20(10)12-3-4-13(14(15,16)17)11(7-12)8-18/h3-4,7,10H,5-6,8-9,18H2,1-2H3. The molecule has 0 bridgehead atoms. The van der Waals surface area contributed by atoms with Gasteiger partial charge in [0, 0.05) is 37.9 Å². The van der Waals surface area contributed by atoms with Gasteiger partial charge in [0.1, 0.15) is 0 Å². The lowest BCUT2D eigenvalue weighted by Crippen LogP contribution is -2.50. The normalized spacial score (nSPS) is 21.3. The maximum absolute atomic E-state index is 12.9. The molecule has 2 rings (SSSR count). The number of benzene rings is 1. The molecule has 0 aliphatic carbocycles. The molecule has 20 heavy (non-hydrogen) atoms. The van der Waals surface area contributed by atoms with E-state index in [2.05, 4.69) is 16.7 Å². The van der Waals surface area contributed by atoms with E-state index in [4.69, 9.17) is 5.73 Å². The van der Waals surface area contributed by atoms with E-state index in [9.17, 15) is 13.2 Å². The zero-order valence-electron chi connectivity index (χ0n) is 11.7. The topological polar surface area (TPSA) is 32.5 Å². The number of halogens is 3. The van der Waals surface area contributed by atoms with Gasteiger partial charge in [0.25, 0.3) is 0 Å². The lowest BCUT2D eigenvalue weighted by molar-refractivity contribution is -0.138. The molecule has 1 unspecified atom stereocenters. The Hall–Kier alpha value is -1.27. The minimum atomic E-state index is -4.35. The van der Waals surface area contributed by atoms with Crippen molar-refractivity contribution in [2.45, 2.75) is 25.7 Å². The third-order valence-corrected chi connectivity index (χ3v) is 3.78. The van der Waals surface area contributed by atoms with Gasteiger partial charge in [-0.15, -0.1) is 0 Å². The Kier molecular flexibility index (Phi) is 4.25. The molecule has 2 N–H and O–H groups in total. The van der Waals surface area contributed by atoms with Crippen molar-refractivity contribution in [1.82, 2.24) is 4.90 Å². The fourth-order valence-electron chi connectivity index (χ4n) is 2.73. The third-order valence-electron chi connectivity index (χ3n) is 3.78. The molecule has 1 fully saturated rings. The van der Waals surface area contributed by atoms with Crippen LogP contribution < -0.4 is 10.6 Å². The molecule has 0 amide bonds. The highest BCUT2D eigenvalue weighted by molar-refractivity contribution is 5.53. The Morgan fingerprint density at radius 1 is 1.30 bits per heavy atom. The van der Waals surface area contributed by atoms with Crippen LogP contribution in [0.2, 0.25) is 0 Å². The highest BCUT2D eigenvalue weighted by atomic mass is 19.4. The molecule has 0 saturated carbocycles. The molecule has 1 aromatic carbocycles. The first-order valence-corrected chi connectivity index (χ1v) is 6.68. The number of alkyl halides is 3. The van der Waals surface area contributed by atoms with Crippen LogP contribution in [-0.2, 0) is 12.7 Å². The predicted molar refractivity (Wildman–Crippen MR) is 73.6 cm³/mol. The molecule has 1 aliphatic rings. The molecule has 1 aromatic rings. The van der Waals surface area contributed by atoms with E-state index in [-0.39, 0.29) is 18.2 Å². The minimum Gasteiger partial charge on any atom is -0.366 e. The Morgan fingerprint density at radius 3 is 2.55 bits per heavy atom. The molecule has 6 heteroatoms. The van der Waals surface area contributed by atoms with E-state index >= 15 is 0 Å². The van der Waals surface area contributed by atoms with Gasteiger partial charge < -0.3 is 15.5 Å². The first-order chi connectivity index (χ1) is 9.32. The second kappa shape index (κ2) is 5.61. The largest absolute Gasteiger partial charge is 0.416 e. The van der Waals surface area contributed by atoms with Crippen LogP contribution in [0.15, 0.2) is 18.2 Å². The molecule has 1 aliphatic heterocycles. The van der Waals surface area contributed by atoms with Crippen molar-refractivity contribution in [3.8, 4) is 0 Å². The SMILES string of the molecule is CC1CN(C)CCN1c1ccc(C(F)(F)F)c(CN)c1. The Labute approximate surface area is 117 Å². The van der Waals surface area contributed by atoms with Crippen LogP contribution in [0.3, 0.4) is 0 Å². The third kappa shape index (κ3) is 3.07. The number of anilines is 1. The molecular formula is C14H20F3N3. The van der Waals surface area contributed by atoms with Gasteiger partial charge in [-0.3, -0.25) is 0 Å².